The van der Waals surface area contributed by atoms with Crippen molar-refractivity contribution in [2.75, 3.05) is 5.73 Å². The Kier molecular flexibility index (Phi) is 4.47. The number of benzene rings is 1. The Bertz CT molecular complexity index is 545. The van der Waals surface area contributed by atoms with Crippen LogP contribution in [0, 0.1) is 0 Å². The molecule has 1 aliphatic rings. The lowest BCUT2D eigenvalue weighted by Gasteiger charge is -2.25. The third-order valence-corrected chi connectivity index (χ3v) is 5.73. The smallest absolute Gasteiger partial charge is 0.137 e. The van der Waals surface area contributed by atoms with Crippen LogP contribution in [0.25, 0.3) is 0 Å². The van der Waals surface area contributed by atoms with Crippen LogP contribution in [-0.4, -0.2) is 16.3 Å². The fourth-order valence-electron chi connectivity index (χ4n) is 1.90. The number of hydrogen-bond donors (Lipinski definition) is 2. The Morgan fingerprint density at radius 2 is 2.26 bits per heavy atom. The normalized spacial score (nSPS) is 20.3. The maximum atomic E-state index is 13.2. The van der Waals surface area contributed by atoms with Crippen LogP contribution in [0.1, 0.15) is 39.5 Å². The van der Waals surface area contributed by atoms with Gasteiger partial charge in [0.05, 0.1) is 10.9 Å². The second kappa shape index (κ2) is 5.92. The molecule has 1 aromatic carbocycles. The van der Waals surface area contributed by atoms with Crippen molar-refractivity contribution in [3.8, 4) is 0 Å². The van der Waals surface area contributed by atoms with E-state index in [0.29, 0.717) is 10.6 Å². The summed E-state index contributed by atoms with van der Waals surface area (Å²) in [5, 5.41) is 0. The molecule has 1 fully saturated rings. The molecule has 1 saturated carbocycles. The van der Waals surface area contributed by atoms with Crippen molar-refractivity contribution in [2.45, 2.75) is 56.5 Å². The molecule has 4 nitrogen and oxygen atoms in total. The average molecular weight is 281 g/mol. The number of rotatable bonds is 5. The van der Waals surface area contributed by atoms with Gasteiger partial charge in [-0.1, -0.05) is 13.0 Å². The maximum Gasteiger partial charge on any atom is 0.137 e. The van der Waals surface area contributed by atoms with E-state index in [-0.39, 0.29) is 12.1 Å². The quantitative estimate of drug-likeness (QED) is 0.815. The SMILES string of the molecule is CCC(C)NS(=O)(=NC1CCC1)c1cccc(N)c1. The predicted octanol–water partition coefficient (Wildman–Crippen LogP) is 2.95. The van der Waals surface area contributed by atoms with Gasteiger partial charge in [0.1, 0.15) is 9.92 Å². The van der Waals surface area contributed by atoms with Crippen LogP contribution in [0.2, 0.25) is 0 Å². The van der Waals surface area contributed by atoms with Gasteiger partial charge in [-0.05, 0) is 50.8 Å². The number of nitrogens with one attached hydrogen (secondary N) is 1. The zero-order valence-corrected chi connectivity index (χ0v) is 12.5. The summed E-state index contributed by atoms with van der Waals surface area (Å²) < 4.78 is 20.9. The van der Waals surface area contributed by atoms with Gasteiger partial charge in [0, 0.05) is 11.7 Å². The lowest BCUT2D eigenvalue weighted by molar-refractivity contribution is 0.421. The summed E-state index contributed by atoms with van der Waals surface area (Å²) in [5.41, 5.74) is 6.43. The Morgan fingerprint density at radius 3 is 2.79 bits per heavy atom. The molecule has 3 N–H and O–H groups in total. The molecule has 0 heterocycles. The van der Waals surface area contributed by atoms with Crippen LogP contribution in [-0.2, 0) is 9.92 Å². The number of nitrogens with zero attached hydrogens (tertiary/aromatic N) is 1. The highest BCUT2D eigenvalue weighted by Crippen LogP contribution is 2.26. The summed E-state index contributed by atoms with van der Waals surface area (Å²) in [5.74, 6) is 0. The van der Waals surface area contributed by atoms with E-state index in [0.717, 1.165) is 19.3 Å². The molecule has 5 heteroatoms. The lowest BCUT2D eigenvalue weighted by Crippen LogP contribution is -2.34. The largest absolute Gasteiger partial charge is 0.399 e. The van der Waals surface area contributed by atoms with Crippen LogP contribution < -0.4 is 10.5 Å². The Labute approximate surface area is 116 Å². The van der Waals surface area contributed by atoms with Gasteiger partial charge in [0.15, 0.2) is 0 Å². The molecule has 0 spiro atoms. The van der Waals surface area contributed by atoms with Gasteiger partial charge in [-0.3, -0.25) is 0 Å². The van der Waals surface area contributed by atoms with E-state index in [2.05, 4.69) is 16.0 Å². The number of hydrogen-bond acceptors (Lipinski definition) is 3. The lowest BCUT2D eigenvalue weighted by atomic mass is 9.95. The summed E-state index contributed by atoms with van der Waals surface area (Å²) in [7, 11) is -2.57. The second-order valence-corrected chi connectivity index (χ2v) is 7.19. The minimum absolute atomic E-state index is 0.165. The van der Waals surface area contributed by atoms with Gasteiger partial charge in [-0.25, -0.2) is 13.3 Å². The van der Waals surface area contributed by atoms with E-state index in [9.17, 15) is 4.21 Å². The van der Waals surface area contributed by atoms with E-state index in [1.807, 2.05) is 19.1 Å². The van der Waals surface area contributed by atoms with Crippen molar-refractivity contribution in [3.63, 3.8) is 0 Å². The van der Waals surface area contributed by atoms with E-state index in [1.165, 1.54) is 6.42 Å². The van der Waals surface area contributed by atoms with Crippen molar-refractivity contribution in [1.29, 1.82) is 0 Å². The number of nitrogens with two attached hydrogens (primary N) is 1. The van der Waals surface area contributed by atoms with Crippen molar-refractivity contribution < 1.29 is 4.21 Å². The first-order valence-electron chi connectivity index (χ1n) is 6.92. The monoisotopic (exact) mass is 281 g/mol. The van der Waals surface area contributed by atoms with Gasteiger partial charge >= 0.3 is 0 Å². The van der Waals surface area contributed by atoms with Crippen molar-refractivity contribution in [3.05, 3.63) is 24.3 Å². The maximum absolute atomic E-state index is 13.2. The summed E-state index contributed by atoms with van der Waals surface area (Å²) in [6, 6.07) is 7.63. The molecule has 1 aromatic rings. The minimum Gasteiger partial charge on any atom is -0.399 e. The Hall–Kier alpha value is -1.07. The molecular weight excluding hydrogens is 258 g/mol. The van der Waals surface area contributed by atoms with Gasteiger partial charge < -0.3 is 5.73 Å². The van der Waals surface area contributed by atoms with Gasteiger partial charge in [-0.15, -0.1) is 0 Å². The molecule has 0 aromatic heterocycles. The van der Waals surface area contributed by atoms with Crippen LogP contribution in [0.5, 0.6) is 0 Å². The topological polar surface area (TPSA) is 67.5 Å². The highest BCUT2D eigenvalue weighted by molar-refractivity contribution is 7.91. The molecular formula is C14H23N3OS. The van der Waals surface area contributed by atoms with E-state index < -0.39 is 9.92 Å². The Balaban J connectivity index is 2.38. The van der Waals surface area contributed by atoms with Gasteiger partial charge in [0.2, 0.25) is 0 Å². The van der Waals surface area contributed by atoms with Crippen LogP contribution in [0.3, 0.4) is 0 Å². The summed E-state index contributed by atoms with van der Waals surface area (Å²) >= 11 is 0. The molecule has 0 aliphatic heterocycles. The highest BCUT2D eigenvalue weighted by atomic mass is 32.2. The van der Waals surface area contributed by atoms with E-state index in [1.54, 1.807) is 12.1 Å². The molecule has 0 radical (unpaired) electrons. The number of nitrogen functional groups attached to an aromatic ring is 1. The third-order valence-electron chi connectivity index (χ3n) is 3.52. The average Bonchev–Trinajstić information content (AvgIpc) is 2.34. The van der Waals surface area contributed by atoms with Crippen molar-refractivity contribution in [1.82, 2.24) is 4.72 Å². The standard InChI is InChI=1S/C14H23N3OS/c1-3-11(2)16-19(18,17-13-7-5-8-13)14-9-4-6-12(15)10-14/h4,6,9-11,13H,3,5,7-8,15H2,1-2H3,(H,16,17,18). The molecule has 19 heavy (non-hydrogen) atoms. The fourth-order valence-corrected chi connectivity index (χ4v) is 4.12. The first-order valence-corrected chi connectivity index (χ1v) is 8.44. The van der Waals surface area contributed by atoms with Crippen molar-refractivity contribution >= 4 is 15.6 Å². The zero-order valence-electron chi connectivity index (χ0n) is 11.6. The minimum atomic E-state index is -2.57. The molecule has 0 amide bonds. The molecule has 0 bridgehead atoms. The first kappa shape index (κ1) is 14.3. The van der Waals surface area contributed by atoms with Crippen LogP contribution in [0.4, 0.5) is 5.69 Å². The molecule has 2 unspecified atom stereocenters. The van der Waals surface area contributed by atoms with E-state index >= 15 is 0 Å². The first-order chi connectivity index (χ1) is 9.03. The van der Waals surface area contributed by atoms with Gasteiger partial charge in [0.25, 0.3) is 0 Å². The predicted molar refractivity (Wildman–Crippen MR) is 80.2 cm³/mol. The summed E-state index contributed by atoms with van der Waals surface area (Å²) in [6.07, 6.45) is 4.19. The molecule has 106 valence electrons. The summed E-state index contributed by atoms with van der Waals surface area (Å²) in [6.45, 7) is 4.10. The van der Waals surface area contributed by atoms with E-state index in [4.69, 9.17) is 5.73 Å². The molecule has 1 aliphatic carbocycles. The zero-order chi connectivity index (χ0) is 13.9. The van der Waals surface area contributed by atoms with Gasteiger partial charge in [-0.2, -0.15) is 0 Å². The summed E-state index contributed by atoms with van der Waals surface area (Å²) in [4.78, 5) is 0.694. The fraction of sp³-hybridized carbons (Fsp3) is 0.571. The van der Waals surface area contributed by atoms with Crippen molar-refractivity contribution in [2.24, 2.45) is 4.36 Å². The van der Waals surface area contributed by atoms with Crippen LogP contribution >= 0.6 is 0 Å². The molecule has 2 rings (SSSR count). The van der Waals surface area contributed by atoms with Crippen LogP contribution in [0.15, 0.2) is 33.5 Å². The Morgan fingerprint density at radius 1 is 1.53 bits per heavy atom. The highest BCUT2D eigenvalue weighted by Gasteiger charge is 2.22. The third kappa shape index (κ3) is 3.48. The molecule has 0 saturated heterocycles. The number of anilines is 1. The second-order valence-electron chi connectivity index (χ2n) is 5.22. The molecule has 2 atom stereocenters.